The second-order valence-electron chi connectivity index (χ2n) is 4.04. The van der Waals surface area contributed by atoms with Crippen LogP contribution in [0.3, 0.4) is 0 Å². The molecule has 4 heteroatoms. The third-order valence-electron chi connectivity index (χ3n) is 2.87. The Morgan fingerprint density at radius 2 is 2.06 bits per heavy atom. The number of allylic oxidation sites excluding steroid dienone is 2. The number of hydrogen-bond donors (Lipinski definition) is 0. The molecule has 1 aliphatic rings. The third kappa shape index (κ3) is 3.71. The van der Waals surface area contributed by atoms with Gasteiger partial charge in [0.05, 0.1) is 11.6 Å². The van der Waals surface area contributed by atoms with E-state index < -0.39 is 0 Å². The minimum absolute atomic E-state index is 0.0989. The summed E-state index contributed by atoms with van der Waals surface area (Å²) >= 11 is 6.04. The molecule has 1 rings (SSSR count). The van der Waals surface area contributed by atoms with Gasteiger partial charge in [-0.15, -0.1) is 0 Å². The van der Waals surface area contributed by atoms with Gasteiger partial charge in [-0.25, -0.2) is 0 Å². The molecule has 92 valence electrons. The third-order valence-corrected chi connectivity index (χ3v) is 3.35. The molecule has 1 saturated carbocycles. The van der Waals surface area contributed by atoms with E-state index in [0.29, 0.717) is 19.0 Å². The van der Waals surface area contributed by atoms with Crippen molar-refractivity contribution >= 4 is 18.1 Å². The highest BCUT2D eigenvalue weighted by Crippen LogP contribution is 2.31. The smallest absolute Gasteiger partial charge is 0.293 e. The SMILES string of the molecule is CC/C(Cl)=C(\CC)OCC1CC(OC=O)C1. The topological polar surface area (TPSA) is 35.5 Å². The fraction of sp³-hybridized carbons (Fsp3) is 0.750. The lowest BCUT2D eigenvalue weighted by Crippen LogP contribution is -2.33. The summed E-state index contributed by atoms with van der Waals surface area (Å²) in [4.78, 5) is 10.1. The zero-order valence-corrected chi connectivity index (χ0v) is 10.6. The summed E-state index contributed by atoms with van der Waals surface area (Å²) in [6, 6.07) is 0. The first-order chi connectivity index (χ1) is 7.71. The van der Waals surface area contributed by atoms with Gasteiger partial charge in [-0.05, 0) is 25.2 Å². The number of halogens is 1. The van der Waals surface area contributed by atoms with Crippen LogP contribution < -0.4 is 0 Å². The number of rotatable bonds is 7. The highest BCUT2D eigenvalue weighted by Gasteiger charge is 2.31. The minimum Gasteiger partial charge on any atom is -0.496 e. The van der Waals surface area contributed by atoms with E-state index in [9.17, 15) is 4.79 Å². The standard InChI is InChI=1S/C12H19ClO3/c1-3-11(13)12(4-2)15-7-9-5-10(6-9)16-8-14/h8-10H,3-7H2,1-2H3/b12-11-. The summed E-state index contributed by atoms with van der Waals surface area (Å²) in [6.07, 6.45) is 3.54. The van der Waals surface area contributed by atoms with Crippen LogP contribution in [-0.2, 0) is 14.3 Å². The molecule has 0 saturated heterocycles. The van der Waals surface area contributed by atoms with Crippen molar-refractivity contribution in [1.29, 1.82) is 0 Å². The molecule has 16 heavy (non-hydrogen) atoms. The number of carbonyl (C=O) groups is 1. The monoisotopic (exact) mass is 246 g/mol. The van der Waals surface area contributed by atoms with Crippen molar-refractivity contribution in [2.45, 2.75) is 45.6 Å². The van der Waals surface area contributed by atoms with Gasteiger partial charge in [0.1, 0.15) is 11.9 Å². The lowest BCUT2D eigenvalue weighted by Gasteiger charge is -2.33. The molecule has 0 spiro atoms. The fourth-order valence-corrected chi connectivity index (χ4v) is 1.98. The van der Waals surface area contributed by atoms with Crippen molar-refractivity contribution in [3.8, 4) is 0 Å². The van der Waals surface area contributed by atoms with Crippen LogP contribution in [0.4, 0.5) is 0 Å². The first kappa shape index (κ1) is 13.4. The van der Waals surface area contributed by atoms with Gasteiger partial charge < -0.3 is 9.47 Å². The molecule has 0 heterocycles. The Morgan fingerprint density at radius 1 is 1.38 bits per heavy atom. The van der Waals surface area contributed by atoms with Gasteiger partial charge in [0.25, 0.3) is 6.47 Å². The molecule has 0 unspecified atom stereocenters. The zero-order valence-electron chi connectivity index (χ0n) is 9.87. The number of carbonyl (C=O) groups excluding carboxylic acids is 1. The Bertz CT molecular complexity index is 257. The molecule has 0 radical (unpaired) electrons. The van der Waals surface area contributed by atoms with E-state index in [1.54, 1.807) is 0 Å². The Balaban J connectivity index is 2.23. The van der Waals surface area contributed by atoms with Crippen LogP contribution in [0.15, 0.2) is 10.8 Å². The largest absolute Gasteiger partial charge is 0.496 e. The van der Waals surface area contributed by atoms with E-state index in [0.717, 1.165) is 36.5 Å². The van der Waals surface area contributed by atoms with Crippen LogP contribution in [0.1, 0.15) is 39.5 Å². The molecule has 0 atom stereocenters. The lowest BCUT2D eigenvalue weighted by molar-refractivity contribution is -0.140. The van der Waals surface area contributed by atoms with Crippen LogP contribution in [0.25, 0.3) is 0 Å². The predicted molar refractivity (Wildman–Crippen MR) is 63.1 cm³/mol. The Labute approximate surface area is 102 Å². The number of hydrogen-bond acceptors (Lipinski definition) is 3. The summed E-state index contributed by atoms with van der Waals surface area (Å²) in [5, 5.41) is 0.808. The number of ether oxygens (including phenoxy) is 2. The van der Waals surface area contributed by atoms with E-state index in [2.05, 4.69) is 0 Å². The van der Waals surface area contributed by atoms with Crippen molar-refractivity contribution in [3.63, 3.8) is 0 Å². The van der Waals surface area contributed by atoms with Gasteiger partial charge in [-0.1, -0.05) is 25.4 Å². The van der Waals surface area contributed by atoms with Gasteiger partial charge in [0.2, 0.25) is 0 Å². The normalized spacial score (nSPS) is 25.4. The Kier molecular flexibility index (Phi) is 5.67. The second kappa shape index (κ2) is 6.79. The molecule has 0 aliphatic heterocycles. The summed E-state index contributed by atoms with van der Waals surface area (Å²) in [7, 11) is 0. The molecule has 0 aromatic rings. The van der Waals surface area contributed by atoms with Crippen molar-refractivity contribution < 1.29 is 14.3 Å². The molecule has 3 nitrogen and oxygen atoms in total. The quantitative estimate of drug-likeness (QED) is 0.511. The molecular weight excluding hydrogens is 228 g/mol. The first-order valence-corrected chi connectivity index (χ1v) is 6.18. The van der Waals surface area contributed by atoms with E-state index in [-0.39, 0.29) is 6.10 Å². The summed E-state index contributed by atoms with van der Waals surface area (Å²) < 4.78 is 10.5. The highest BCUT2D eigenvalue weighted by atomic mass is 35.5. The van der Waals surface area contributed by atoms with E-state index in [1.807, 2.05) is 13.8 Å². The molecule has 0 N–H and O–H groups in total. The van der Waals surface area contributed by atoms with Gasteiger partial charge in [0.15, 0.2) is 0 Å². The molecule has 1 fully saturated rings. The van der Waals surface area contributed by atoms with Crippen LogP contribution in [0.2, 0.25) is 0 Å². The molecule has 1 aliphatic carbocycles. The maximum Gasteiger partial charge on any atom is 0.293 e. The van der Waals surface area contributed by atoms with Gasteiger partial charge >= 0.3 is 0 Å². The van der Waals surface area contributed by atoms with Crippen LogP contribution in [-0.4, -0.2) is 19.2 Å². The molecule has 0 aromatic carbocycles. The second-order valence-corrected chi connectivity index (χ2v) is 4.49. The lowest BCUT2D eigenvalue weighted by atomic mass is 9.83. The van der Waals surface area contributed by atoms with Crippen molar-refractivity contribution in [2.75, 3.05) is 6.61 Å². The van der Waals surface area contributed by atoms with Crippen molar-refractivity contribution in [2.24, 2.45) is 5.92 Å². The average Bonchev–Trinajstić information content (AvgIpc) is 2.25. The van der Waals surface area contributed by atoms with E-state index in [4.69, 9.17) is 21.1 Å². The minimum atomic E-state index is 0.0989. The highest BCUT2D eigenvalue weighted by molar-refractivity contribution is 6.29. The Morgan fingerprint density at radius 3 is 2.56 bits per heavy atom. The molecular formula is C12H19ClO3. The summed E-state index contributed by atoms with van der Waals surface area (Å²) in [5.74, 6) is 1.39. The van der Waals surface area contributed by atoms with Gasteiger partial charge in [-0.2, -0.15) is 0 Å². The fourth-order valence-electron chi connectivity index (χ4n) is 1.79. The van der Waals surface area contributed by atoms with Crippen LogP contribution in [0.5, 0.6) is 0 Å². The maximum absolute atomic E-state index is 10.1. The molecule has 0 bridgehead atoms. The maximum atomic E-state index is 10.1. The summed E-state index contributed by atoms with van der Waals surface area (Å²) in [5.41, 5.74) is 0. The van der Waals surface area contributed by atoms with E-state index >= 15 is 0 Å². The average molecular weight is 247 g/mol. The van der Waals surface area contributed by atoms with Gasteiger partial charge in [-0.3, -0.25) is 4.79 Å². The summed E-state index contributed by atoms with van der Waals surface area (Å²) in [6.45, 7) is 5.25. The van der Waals surface area contributed by atoms with Crippen LogP contribution in [0, 0.1) is 5.92 Å². The molecule has 0 amide bonds. The predicted octanol–water partition coefficient (Wildman–Crippen LogP) is 3.23. The van der Waals surface area contributed by atoms with E-state index in [1.165, 1.54) is 0 Å². The van der Waals surface area contributed by atoms with Crippen molar-refractivity contribution in [3.05, 3.63) is 10.8 Å². The van der Waals surface area contributed by atoms with Crippen molar-refractivity contribution in [1.82, 2.24) is 0 Å². The molecule has 0 aromatic heterocycles. The Hall–Kier alpha value is -0.700. The van der Waals surface area contributed by atoms with Gasteiger partial charge in [0, 0.05) is 6.42 Å². The van der Waals surface area contributed by atoms with Crippen LogP contribution >= 0.6 is 11.6 Å². The first-order valence-electron chi connectivity index (χ1n) is 5.80. The zero-order chi connectivity index (χ0) is 12.0.